The molecule has 1 unspecified atom stereocenters. The van der Waals surface area contributed by atoms with E-state index in [1.54, 1.807) is 79.4 Å². The largest absolute Gasteiger partial charge is 0.357 e. The number of nitriles is 1. The summed E-state index contributed by atoms with van der Waals surface area (Å²) in [5.41, 5.74) is 1.00. The molecule has 0 radical (unpaired) electrons. The summed E-state index contributed by atoms with van der Waals surface area (Å²) in [4.78, 5) is 38.7. The molecule has 0 saturated carbocycles. The summed E-state index contributed by atoms with van der Waals surface area (Å²) in [6, 6.07) is 23.7. The number of amides is 1. The molecule has 1 amide bonds. The van der Waals surface area contributed by atoms with Gasteiger partial charge in [0.1, 0.15) is 16.7 Å². The molecule has 2 aliphatic rings. The number of rotatable bonds is 10. The number of carbonyl (C=O) groups is 2. The first-order valence-corrected chi connectivity index (χ1v) is 17.0. The number of hydrogen-bond acceptors (Lipinski definition) is 9. The molecule has 47 heavy (non-hydrogen) atoms. The van der Waals surface area contributed by atoms with Gasteiger partial charge in [0.05, 0.1) is 16.5 Å². The number of carbonyl (C=O) groups excluding carboxylic acids is 2. The van der Waals surface area contributed by atoms with Crippen molar-refractivity contribution in [3.8, 4) is 6.07 Å². The summed E-state index contributed by atoms with van der Waals surface area (Å²) >= 11 is 0. The number of ketones is 1. The zero-order valence-corrected chi connectivity index (χ0v) is 26.4. The number of benzene rings is 2. The SMILES string of the molecule is N#Cc1ccc(C(=O)/C=C2\NC(Cc3ccncc3)(Cc3ccncc3)C(=O)N2C(C2CCNCC2)S(=O)(=O)c2ccccc2)cc1. The summed E-state index contributed by atoms with van der Waals surface area (Å²) in [6.07, 6.45) is 9.38. The molecule has 4 heterocycles. The lowest BCUT2D eigenvalue weighted by molar-refractivity contribution is -0.133. The van der Waals surface area contributed by atoms with Crippen molar-refractivity contribution in [2.75, 3.05) is 13.1 Å². The molecule has 2 N–H and O–H groups in total. The van der Waals surface area contributed by atoms with E-state index >= 15 is 4.79 Å². The maximum Gasteiger partial charge on any atom is 0.255 e. The van der Waals surface area contributed by atoms with Gasteiger partial charge < -0.3 is 10.6 Å². The van der Waals surface area contributed by atoms with E-state index in [2.05, 4.69) is 20.6 Å². The Morgan fingerprint density at radius 2 is 1.49 bits per heavy atom. The Morgan fingerprint density at radius 3 is 2.04 bits per heavy atom. The van der Waals surface area contributed by atoms with E-state index in [4.69, 9.17) is 0 Å². The minimum Gasteiger partial charge on any atom is -0.357 e. The van der Waals surface area contributed by atoms with E-state index in [1.807, 2.05) is 30.3 Å². The lowest BCUT2D eigenvalue weighted by atomic mass is 9.84. The van der Waals surface area contributed by atoms with Crippen molar-refractivity contribution < 1.29 is 18.0 Å². The van der Waals surface area contributed by atoms with Crippen LogP contribution in [0.2, 0.25) is 0 Å². The van der Waals surface area contributed by atoms with Crippen LogP contribution in [0.4, 0.5) is 0 Å². The van der Waals surface area contributed by atoms with Crippen LogP contribution >= 0.6 is 0 Å². The van der Waals surface area contributed by atoms with Crippen molar-refractivity contribution in [2.45, 2.75) is 41.5 Å². The average molecular weight is 647 g/mol. The van der Waals surface area contributed by atoms with Gasteiger partial charge >= 0.3 is 0 Å². The molecule has 2 saturated heterocycles. The predicted molar refractivity (Wildman–Crippen MR) is 175 cm³/mol. The number of piperidine rings is 1. The molecular formula is C36H34N6O4S. The molecule has 1 atom stereocenters. The van der Waals surface area contributed by atoms with Gasteiger partial charge in [0.25, 0.3) is 5.91 Å². The molecule has 0 spiro atoms. The van der Waals surface area contributed by atoms with Crippen LogP contribution in [0.3, 0.4) is 0 Å². The van der Waals surface area contributed by atoms with Crippen LogP contribution in [0.15, 0.2) is 120 Å². The highest BCUT2D eigenvalue weighted by molar-refractivity contribution is 7.92. The maximum absolute atomic E-state index is 15.2. The molecule has 0 bridgehead atoms. The van der Waals surface area contributed by atoms with Gasteiger partial charge in [-0.3, -0.25) is 24.5 Å². The molecule has 238 valence electrons. The minimum atomic E-state index is -4.13. The van der Waals surface area contributed by atoms with Crippen LogP contribution in [-0.2, 0) is 27.5 Å². The zero-order chi connectivity index (χ0) is 32.9. The second-order valence-electron chi connectivity index (χ2n) is 11.9. The lowest BCUT2D eigenvalue weighted by Crippen LogP contribution is -2.54. The molecule has 11 heteroatoms. The fourth-order valence-electron chi connectivity index (χ4n) is 6.46. The van der Waals surface area contributed by atoms with Crippen LogP contribution in [0, 0.1) is 17.2 Å². The van der Waals surface area contributed by atoms with Gasteiger partial charge in [-0.25, -0.2) is 8.42 Å². The van der Waals surface area contributed by atoms with Gasteiger partial charge in [-0.05, 0) is 104 Å². The molecule has 0 aliphatic carbocycles. The van der Waals surface area contributed by atoms with Crippen LogP contribution in [0.5, 0.6) is 0 Å². The normalized spacial score (nSPS) is 18.0. The topological polar surface area (TPSA) is 145 Å². The van der Waals surface area contributed by atoms with Crippen molar-refractivity contribution in [1.29, 1.82) is 5.26 Å². The summed E-state index contributed by atoms with van der Waals surface area (Å²) in [5.74, 6) is -1.15. The van der Waals surface area contributed by atoms with E-state index < -0.39 is 38.4 Å². The van der Waals surface area contributed by atoms with E-state index in [9.17, 15) is 18.5 Å². The highest BCUT2D eigenvalue weighted by Gasteiger charge is 2.55. The summed E-state index contributed by atoms with van der Waals surface area (Å²) in [5, 5.41) is 14.7. The van der Waals surface area contributed by atoms with Crippen LogP contribution in [-0.4, -0.2) is 59.0 Å². The van der Waals surface area contributed by atoms with Crippen molar-refractivity contribution in [2.24, 2.45) is 5.92 Å². The molecule has 6 rings (SSSR count). The summed E-state index contributed by atoms with van der Waals surface area (Å²) in [6.45, 7) is 1.20. The second kappa shape index (κ2) is 13.7. The van der Waals surface area contributed by atoms with Gasteiger partial charge in [0.15, 0.2) is 15.6 Å². The van der Waals surface area contributed by atoms with E-state index in [1.165, 1.54) is 11.0 Å². The monoisotopic (exact) mass is 646 g/mol. The highest BCUT2D eigenvalue weighted by atomic mass is 32.2. The molecule has 2 aromatic heterocycles. The summed E-state index contributed by atoms with van der Waals surface area (Å²) in [7, 11) is -4.13. The number of aromatic nitrogens is 2. The quantitative estimate of drug-likeness (QED) is 0.194. The Kier molecular flexibility index (Phi) is 9.24. The third-order valence-electron chi connectivity index (χ3n) is 8.76. The first-order chi connectivity index (χ1) is 22.8. The molecule has 10 nitrogen and oxygen atoms in total. The Hall–Kier alpha value is -5.18. The predicted octanol–water partition coefficient (Wildman–Crippen LogP) is 3.83. The van der Waals surface area contributed by atoms with Crippen molar-refractivity contribution >= 4 is 21.5 Å². The third kappa shape index (κ3) is 6.70. The Labute approximate surface area is 274 Å². The zero-order valence-electron chi connectivity index (χ0n) is 25.6. The lowest BCUT2D eigenvalue weighted by Gasteiger charge is -2.37. The highest BCUT2D eigenvalue weighted by Crippen LogP contribution is 2.39. The minimum absolute atomic E-state index is 0.106. The number of sulfone groups is 1. The molecule has 2 aliphatic heterocycles. The van der Waals surface area contributed by atoms with Crippen molar-refractivity contribution in [1.82, 2.24) is 25.5 Å². The fraction of sp³-hybridized carbons (Fsp3) is 0.250. The molecule has 2 fully saturated rings. The number of nitrogens with one attached hydrogen (secondary N) is 2. The first-order valence-electron chi connectivity index (χ1n) is 15.5. The Balaban J connectivity index is 1.54. The second-order valence-corrected chi connectivity index (χ2v) is 13.9. The van der Waals surface area contributed by atoms with E-state index in [0.717, 1.165) is 11.1 Å². The van der Waals surface area contributed by atoms with Crippen LogP contribution < -0.4 is 10.6 Å². The molecule has 2 aromatic carbocycles. The number of nitrogens with zero attached hydrogens (tertiary/aromatic N) is 4. The molecule has 4 aromatic rings. The van der Waals surface area contributed by atoms with Crippen molar-refractivity contribution in [3.05, 3.63) is 138 Å². The number of hydrogen-bond donors (Lipinski definition) is 2. The fourth-order valence-corrected chi connectivity index (χ4v) is 8.54. The average Bonchev–Trinajstić information content (AvgIpc) is 3.35. The van der Waals surface area contributed by atoms with E-state index in [0.29, 0.717) is 37.1 Å². The Morgan fingerprint density at radius 1 is 0.915 bits per heavy atom. The van der Waals surface area contributed by atoms with Crippen LogP contribution in [0.1, 0.15) is 39.9 Å². The number of pyridine rings is 2. The Bertz CT molecular complexity index is 1860. The van der Waals surface area contributed by atoms with Gasteiger partial charge in [-0.15, -0.1) is 0 Å². The maximum atomic E-state index is 15.2. The van der Waals surface area contributed by atoms with Crippen molar-refractivity contribution in [3.63, 3.8) is 0 Å². The third-order valence-corrected chi connectivity index (χ3v) is 10.9. The van der Waals surface area contributed by atoms with Gasteiger partial charge in [-0.2, -0.15) is 5.26 Å². The summed E-state index contributed by atoms with van der Waals surface area (Å²) < 4.78 is 29.3. The van der Waals surface area contributed by atoms with Gasteiger partial charge in [0, 0.05) is 49.3 Å². The standard InChI is InChI=1S/C36H34N6O4S/c37-25-28-6-8-29(9-7-28)32(43)22-33-41-36(23-26-10-16-38-17-11-26,24-27-12-18-39-19-13-27)35(44)42(33)34(30-14-20-40-21-15-30)47(45,46)31-4-2-1-3-5-31/h1-13,16-19,22,30,34,40-41H,14-15,20-21,23-24H2/b33-22+. The molecular weight excluding hydrogens is 613 g/mol. The van der Waals surface area contributed by atoms with Gasteiger partial charge in [-0.1, -0.05) is 18.2 Å². The van der Waals surface area contributed by atoms with Crippen LogP contribution in [0.25, 0.3) is 0 Å². The first kappa shape index (κ1) is 31.8. The smallest absolute Gasteiger partial charge is 0.255 e. The number of allylic oxidation sites excluding steroid dienone is 1. The van der Waals surface area contributed by atoms with E-state index in [-0.39, 0.29) is 23.6 Å². The van der Waals surface area contributed by atoms with Gasteiger partial charge in [0.2, 0.25) is 0 Å².